The average Bonchev–Trinajstić information content (AvgIpc) is 2.25. The van der Waals surface area contributed by atoms with Crippen molar-refractivity contribution >= 4 is 15.9 Å². The molecule has 0 bridgehead atoms. The van der Waals surface area contributed by atoms with Gasteiger partial charge in [0.05, 0.1) is 12.8 Å². The second-order valence-electron chi connectivity index (χ2n) is 5.30. The van der Waals surface area contributed by atoms with Gasteiger partial charge in [-0.1, -0.05) is 19.3 Å². The van der Waals surface area contributed by atoms with Crippen molar-refractivity contribution < 1.29 is 13.2 Å². The summed E-state index contributed by atoms with van der Waals surface area (Å²) in [4.78, 5) is 11.9. The lowest BCUT2D eigenvalue weighted by molar-refractivity contribution is -0.122. The number of hydrogen-bond acceptors (Lipinski definition) is 3. The first kappa shape index (κ1) is 15.4. The summed E-state index contributed by atoms with van der Waals surface area (Å²) in [6, 6.07) is 0.0249. The Morgan fingerprint density at radius 3 is 2.28 bits per heavy atom. The maximum atomic E-state index is 11.9. The van der Waals surface area contributed by atoms with Crippen molar-refractivity contribution in [2.24, 2.45) is 0 Å². The minimum atomic E-state index is -3.33. The van der Waals surface area contributed by atoms with Crippen molar-refractivity contribution in [3.63, 3.8) is 0 Å². The standard InChI is InChI=1S/C12H24N2O3S/c1-10(2)14(18(3,16)17)9-12(15)13-11-7-5-4-6-8-11/h10-11H,4-9H2,1-3H3,(H,13,15). The lowest BCUT2D eigenvalue weighted by atomic mass is 9.95. The van der Waals surface area contributed by atoms with Gasteiger partial charge in [0.1, 0.15) is 0 Å². The van der Waals surface area contributed by atoms with Gasteiger partial charge in [0, 0.05) is 12.1 Å². The molecule has 1 rings (SSSR count). The lowest BCUT2D eigenvalue weighted by Crippen LogP contribution is -2.46. The molecule has 1 fully saturated rings. The Morgan fingerprint density at radius 2 is 1.83 bits per heavy atom. The smallest absolute Gasteiger partial charge is 0.235 e. The molecule has 1 saturated carbocycles. The van der Waals surface area contributed by atoms with Crippen LogP contribution < -0.4 is 5.32 Å². The first-order valence-electron chi connectivity index (χ1n) is 6.57. The van der Waals surface area contributed by atoms with Gasteiger partial charge in [0.15, 0.2) is 0 Å². The summed E-state index contributed by atoms with van der Waals surface area (Å²) in [6.45, 7) is 3.47. The van der Waals surface area contributed by atoms with Crippen LogP contribution in [0.1, 0.15) is 46.0 Å². The minimum Gasteiger partial charge on any atom is -0.352 e. The monoisotopic (exact) mass is 276 g/mol. The molecule has 1 aliphatic rings. The highest BCUT2D eigenvalue weighted by Crippen LogP contribution is 2.17. The number of carbonyl (C=O) groups is 1. The van der Waals surface area contributed by atoms with Crippen LogP contribution in [0.5, 0.6) is 0 Å². The second-order valence-corrected chi connectivity index (χ2v) is 7.24. The highest BCUT2D eigenvalue weighted by molar-refractivity contribution is 7.88. The number of hydrogen-bond donors (Lipinski definition) is 1. The third kappa shape index (κ3) is 4.94. The van der Waals surface area contributed by atoms with Crippen molar-refractivity contribution in [3.8, 4) is 0 Å². The number of carbonyl (C=O) groups excluding carboxylic acids is 1. The van der Waals surface area contributed by atoms with E-state index in [9.17, 15) is 13.2 Å². The first-order valence-corrected chi connectivity index (χ1v) is 8.41. The van der Waals surface area contributed by atoms with E-state index in [4.69, 9.17) is 0 Å². The summed E-state index contributed by atoms with van der Waals surface area (Å²) in [6.07, 6.45) is 6.67. The van der Waals surface area contributed by atoms with E-state index in [1.54, 1.807) is 13.8 Å². The molecule has 106 valence electrons. The Kier molecular flexibility index (Phi) is 5.59. The Hall–Kier alpha value is -0.620. The Balaban J connectivity index is 2.51. The minimum absolute atomic E-state index is 0.0764. The van der Waals surface area contributed by atoms with Crippen molar-refractivity contribution in [1.82, 2.24) is 9.62 Å². The Morgan fingerprint density at radius 1 is 1.28 bits per heavy atom. The molecule has 0 aromatic rings. The molecule has 0 aromatic carbocycles. The topological polar surface area (TPSA) is 66.5 Å². The normalized spacial score (nSPS) is 18.3. The fraction of sp³-hybridized carbons (Fsp3) is 0.917. The molecule has 0 unspecified atom stereocenters. The molecule has 6 heteroatoms. The molecular formula is C12H24N2O3S. The predicted octanol–water partition coefficient (Wildman–Crippen LogP) is 1.11. The van der Waals surface area contributed by atoms with Crippen molar-refractivity contribution in [2.75, 3.05) is 12.8 Å². The van der Waals surface area contributed by atoms with Gasteiger partial charge in [-0.25, -0.2) is 8.42 Å². The van der Waals surface area contributed by atoms with E-state index in [0.717, 1.165) is 31.9 Å². The fourth-order valence-electron chi connectivity index (χ4n) is 2.34. The lowest BCUT2D eigenvalue weighted by Gasteiger charge is -2.26. The molecule has 0 aliphatic heterocycles. The third-order valence-electron chi connectivity index (χ3n) is 3.27. The van der Waals surface area contributed by atoms with Crippen LogP contribution in [0.25, 0.3) is 0 Å². The van der Waals surface area contributed by atoms with E-state index in [1.165, 1.54) is 10.7 Å². The largest absolute Gasteiger partial charge is 0.352 e. The summed E-state index contributed by atoms with van der Waals surface area (Å²) in [7, 11) is -3.33. The van der Waals surface area contributed by atoms with E-state index in [2.05, 4.69) is 5.32 Å². The van der Waals surface area contributed by atoms with Crippen molar-refractivity contribution in [2.45, 2.75) is 58.0 Å². The molecule has 0 saturated heterocycles. The van der Waals surface area contributed by atoms with Crippen molar-refractivity contribution in [1.29, 1.82) is 0 Å². The van der Waals surface area contributed by atoms with Crippen LogP contribution in [-0.2, 0) is 14.8 Å². The zero-order valence-corrected chi connectivity index (χ0v) is 12.3. The Bertz CT molecular complexity index is 373. The second kappa shape index (κ2) is 6.52. The molecule has 0 atom stereocenters. The van der Waals surface area contributed by atoms with Crippen LogP contribution >= 0.6 is 0 Å². The first-order chi connectivity index (χ1) is 8.30. The zero-order valence-electron chi connectivity index (χ0n) is 11.5. The average molecular weight is 276 g/mol. The molecule has 0 spiro atoms. The van der Waals surface area contributed by atoms with Crippen LogP contribution in [0.4, 0.5) is 0 Å². The molecule has 0 heterocycles. The van der Waals surface area contributed by atoms with Gasteiger partial charge < -0.3 is 5.32 Å². The van der Waals surface area contributed by atoms with Crippen LogP contribution in [0, 0.1) is 0 Å². The van der Waals surface area contributed by atoms with Crippen LogP contribution in [0.15, 0.2) is 0 Å². The quantitative estimate of drug-likeness (QED) is 0.818. The predicted molar refractivity (Wildman–Crippen MR) is 71.7 cm³/mol. The van der Waals surface area contributed by atoms with Gasteiger partial charge in [-0.2, -0.15) is 4.31 Å². The molecule has 0 aromatic heterocycles. The molecule has 1 N–H and O–H groups in total. The fourth-order valence-corrected chi connectivity index (χ4v) is 3.46. The van der Waals surface area contributed by atoms with E-state index in [-0.39, 0.29) is 24.5 Å². The van der Waals surface area contributed by atoms with Gasteiger partial charge in [-0.05, 0) is 26.7 Å². The van der Waals surface area contributed by atoms with Crippen molar-refractivity contribution in [3.05, 3.63) is 0 Å². The molecular weight excluding hydrogens is 252 g/mol. The molecule has 5 nitrogen and oxygen atoms in total. The zero-order chi connectivity index (χ0) is 13.8. The Labute approximate surface area is 110 Å². The van der Waals surface area contributed by atoms with Crippen LogP contribution in [0.2, 0.25) is 0 Å². The number of sulfonamides is 1. The highest BCUT2D eigenvalue weighted by Gasteiger charge is 2.24. The van der Waals surface area contributed by atoms with Crippen LogP contribution in [0.3, 0.4) is 0 Å². The summed E-state index contributed by atoms with van der Waals surface area (Å²) in [5.74, 6) is -0.193. The summed E-state index contributed by atoms with van der Waals surface area (Å²) in [5, 5.41) is 2.93. The molecule has 1 aliphatic carbocycles. The molecule has 1 amide bonds. The summed E-state index contributed by atoms with van der Waals surface area (Å²) >= 11 is 0. The number of nitrogens with zero attached hydrogens (tertiary/aromatic N) is 1. The molecule has 0 radical (unpaired) electrons. The third-order valence-corrected chi connectivity index (χ3v) is 4.67. The van der Waals surface area contributed by atoms with Gasteiger partial charge in [-0.3, -0.25) is 4.79 Å². The molecule has 18 heavy (non-hydrogen) atoms. The SMILES string of the molecule is CC(C)N(CC(=O)NC1CCCCC1)S(C)(=O)=O. The van der Waals surface area contributed by atoms with E-state index < -0.39 is 10.0 Å². The van der Waals surface area contributed by atoms with Crippen LogP contribution in [-0.4, -0.2) is 43.5 Å². The van der Waals surface area contributed by atoms with E-state index in [1.807, 2.05) is 0 Å². The van der Waals surface area contributed by atoms with Gasteiger partial charge >= 0.3 is 0 Å². The summed E-state index contributed by atoms with van der Waals surface area (Å²) < 4.78 is 24.3. The maximum absolute atomic E-state index is 11.9. The van der Waals surface area contributed by atoms with Gasteiger partial charge in [0.25, 0.3) is 0 Å². The van der Waals surface area contributed by atoms with E-state index in [0.29, 0.717) is 0 Å². The van der Waals surface area contributed by atoms with Gasteiger partial charge in [-0.15, -0.1) is 0 Å². The number of amides is 1. The highest BCUT2D eigenvalue weighted by atomic mass is 32.2. The van der Waals surface area contributed by atoms with Gasteiger partial charge in [0.2, 0.25) is 15.9 Å². The van der Waals surface area contributed by atoms with E-state index >= 15 is 0 Å². The number of nitrogens with one attached hydrogen (secondary N) is 1. The maximum Gasteiger partial charge on any atom is 0.235 e. The number of rotatable bonds is 5. The summed E-state index contributed by atoms with van der Waals surface area (Å²) in [5.41, 5.74) is 0.